The highest BCUT2D eigenvalue weighted by atomic mass is 16.2. The molecule has 31 heavy (non-hydrogen) atoms. The fourth-order valence-electron chi connectivity index (χ4n) is 4.75. The fraction of sp³-hybridized carbons (Fsp3) is 0.481. The van der Waals surface area contributed by atoms with Crippen LogP contribution in [0.4, 0.5) is 11.4 Å². The number of carbonyl (C=O) groups excluding carboxylic acids is 2. The van der Waals surface area contributed by atoms with Gasteiger partial charge in [-0.25, -0.2) is 0 Å². The number of unbranched alkanes of at least 4 members (excludes halogenated alkanes) is 5. The molecule has 4 heteroatoms. The Hall–Kier alpha value is -2.62. The Bertz CT molecular complexity index is 865. The van der Waals surface area contributed by atoms with E-state index in [0.29, 0.717) is 6.42 Å². The smallest absolute Gasteiger partial charge is 0.227 e. The van der Waals surface area contributed by atoms with Gasteiger partial charge in [-0.3, -0.25) is 9.59 Å². The second kappa shape index (κ2) is 11.1. The van der Waals surface area contributed by atoms with Crippen LogP contribution in [-0.2, 0) is 9.59 Å². The van der Waals surface area contributed by atoms with E-state index in [1.807, 2.05) is 58.3 Å². The highest BCUT2D eigenvalue weighted by molar-refractivity contribution is 5.97. The van der Waals surface area contributed by atoms with E-state index in [1.165, 1.54) is 25.7 Å². The molecule has 1 heterocycles. The molecule has 0 bridgehead atoms. The molecule has 0 radical (unpaired) electrons. The molecule has 2 aromatic rings. The second-order valence-electron chi connectivity index (χ2n) is 8.67. The van der Waals surface area contributed by atoms with E-state index in [4.69, 9.17) is 0 Å². The van der Waals surface area contributed by atoms with Crippen molar-refractivity contribution in [1.82, 2.24) is 0 Å². The van der Waals surface area contributed by atoms with Gasteiger partial charge in [-0.2, -0.15) is 0 Å². The number of hydrogen-bond donors (Lipinski definition) is 0. The Morgan fingerprint density at radius 3 is 2.29 bits per heavy atom. The molecular formula is C27H36N2O2. The lowest BCUT2D eigenvalue weighted by molar-refractivity contribution is -0.119. The van der Waals surface area contributed by atoms with Crippen molar-refractivity contribution in [2.75, 3.05) is 9.80 Å². The van der Waals surface area contributed by atoms with Crippen molar-refractivity contribution in [3.05, 3.63) is 60.2 Å². The van der Waals surface area contributed by atoms with Gasteiger partial charge in [0.1, 0.15) is 0 Å². The Morgan fingerprint density at radius 2 is 1.58 bits per heavy atom. The standard InChI is InChI=1S/C27H36N2O2/c1-4-5-6-7-8-12-19-27(31)28-21(2)20-26(24-17-13-14-18-25(24)28)29(22(3)30)23-15-10-9-11-16-23/h9-11,13-18,21,26H,4-8,12,19-20H2,1-3H3/t21-,26+/m0/s1. The molecule has 0 aromatic heterocycles. The molecule has 0 spiro atoms. The van der Waals surface area contributed by atoms with Crippen LogP contribution in [0, 0.1) is 0 Å². The minimum absolute atomic E-state index is 0.0186. The van der Waals surface area contributed by atoms with Crippen LogP contribution in [-0.4, -0.2) is 17.9 Å². The summed E-state index contributed by atoms with van der Waals surface area (Å²) in [6.07, 6.45) is 8.36. The number of para-hydroxylation sites is 2. The number of amides is 2. The van der Waals surface area contributed by atoms with Crippen LogP contribution in [0.3, 0.4) is 0 Å². The molecule has 0 N–H and O–H groups in total. The molecule has 0 saturated carbocycles. The topological polar surface area (TPSA) is 40.6 Å². The van der Waals surface area contributed by atoms with Crippen molar-refractivity contribution in [3.63, 3.8) is 0 Å². The summed E-state index contributed by atoms with van der Waals surface area (Å²) < 4.78 is 0. The maximum absolute atomic E-state index is 13.2. The molecule has 1 aliphatic heterocycles. The molecular weight excluding hydrogens is 384 g/mol. The van der Waals surface area contributed by atoms with Crippen LogP contribution in [0.5, 0.6) is 0 Å². The van der Waals surface area contributed by atoms with Gasteiger partial charge < -0.3 is 9.80 Å². The van der Waals surface area contributed by atoms with Crippen LogP contribution in [0.1, 0.15) is 83.7 Å². The van der Waals surface area contributed by atoms with Crippen molar-refractivity contribution >= 4 is 23.2 Å². The fourth-order valence-corrected chi connectivity index (χ4v) is 4.75. The minimum atomic E-state index is -0.0795. The van der Waals surface area contributed by atoms with Gasteiger partial charge in [0.15, 0.2) is 0 Å². The van der Waals surface area contributed by atoms with E-state index in [1.54, 1.807) is 6.92 Å². The van der Waals surface area contributed by atoms with E-state index >= 15 is 0 Å². The molecule has 2 amide bonds. The third kappa shape index (κ3) is 5.55. The van der Waals surface area contributed by atoms with Crippen LogP contribution in [0.15, 0.2) is 54.6 Å². The van der Waals surface area contributed by atoms with Gasteiger partial charge in [0, 0.05) is 30.8 Å². The van der Waals surface area contributed by atoms with Crippen molar-refractivity contribution in [1.29, 1.82) is 0 Å². The van der Waals surface area contributed by atoms with Crippen molar-refractivity contribution < 1.29 is 9.59 Å². The molecule has 0 saturated heterocycles. The van der Waals surface area contributed by atoms with Crippen LogP contribution in [0.2, 0.25) is 0 Å². The SMILES string of the molecule is CCCCCCCCC(=O)N1c2ccccc2[C@H](N(C(C)=O)c2ccccc2)C[C@@H]1C. The van der Waals surface area contributed by atoms with Crippen molar-refractivity contribution in [2.45, 2.75) is 84.2 Å². The van der Waals surface area contributed by atoms with Crippen molar-refractivity contribution in [3.8, 4) is 0 Å². The quantitative estimate of drug-likeness (QED) is 0.426. The van der Waals surface area contributed by atoms with Crippen LogP contribution < -0.4 is 9.80 Å². The van der Waals surface area contributed by atoms with E-state index in [-0.39, 0.29) is 23.9 Å². The van der Waals surface area contributed by atoms with Gasteiger partial charge in [0.2, 0.25) is 11.8 Å². The summed E-state index contributed by atoms with van der Waals surface area (Å²) in [4.78, 5) is 29.7. The summed E-state index contributed by atoms with van der Waals surface area (Å²) in [6, 6.07) is 17.9. The predicted octanol–water partition coefficient (Wildman–Crippen LogP) is 6.66. The van der Waals surface area contributed by atoms with E-state index < -0.39 is 0 Å². The Labute approximate surface area is 187 Å². The van der Waals surface area contributed by atoms with Crippen LogP contribution >= 0.6 is 0 Å². The number of benzene rings is 2. The van der Waals surface area contributed by atoms with E-state index in [0.717, 1.165) is 36.2 Å². The largest absolute Gasteiger partial charge is 0.309 e. The van der Waals surface area contributed by atoms with E-state index in [9.17, 15) is 9.59 Å². The molecule has 2 aromatic carbocycles. The van der Waals surface area contributed by atoms with Gasteiger partial charge >= 0.3 is 0 Å². The number of fused-ring (bicyclic) bond motifs is 1. The zero-order chi connectivity index (χ0) is 22.2. The normalized spacial score (nSPS) is 17.8. The van der Waals surface area contributed by atoms with E-state index in [2.05, 4.69) is 19.9 Å². The average Bonchev–Trinajstić information content (AvgIpc) is 2.76. The molecule has 1 aliphatic rings. The highest BCUT2D eigenvalue weighted by Crippen LogP contribution is 2.42. The zero-order valence-corrected chi connectivity index (χ0v) is 19.2. The summed E-state index contributed by atoms with van der Waals surface area (Å²) in [7, 11) is 0. The first-order chi connectivity index (χ1) is 15.0. The van der Waals surface area contributed by atoms with Crippen molar-refractivity contribution in [2.24, 2.45) is 0 Å². The average molecular weight is 421 g/mol. The summed E-state index contributed by atoms with van der Waals surface area (Å²) in [5, 5.41) is 0. The third-order valence-corrected chi connectivity index (χ3v) is 6.26. The second-order valence-corrected chi connectivity index (χ2v) is 8.67. The highest BCUT2D eigenvalue weighted by Gasteiger charge is 2.37. The number of hydrogen-bond acceptors (Lipinski definition) is 2. The Morgan fingerprint density at radius 1 is 0.935 bits per heavy atom. The molecule has 166 valence electrons. The third-order valence-electron chi connectivity index (χ3n) is 6.26. The maximum Gasteiger partial charge on any atom is 0.227 e. The molecule has 0 fully saturated rings. The first-order valence-electron chi connectivity index (χ1n) is 11.8. The Balaban J connectivity index is 1.80. The lowest BCUT2D eigenvalue weighted by atomic mass is 9.89. The maximum atomic E-state index is 13.2. The molecule has 0 aliphatic carbocycles. The zero-order valence-electron chi connectivity index (χ0n) is 19.2. The Kier molecular flexibility index (Phi) is 8.27. The minimum Gasteiger partial charge on any atom is -0.309 e. The number of anilines is 2. The lowest BCUT2D eigenvalue weighted by Gasteiger charge is -2.43. The summed E-state index contributed by atoms with van der Waals surface area (Å²) in [5.74, 6) is 0.216. The molecule has 0 unspecified atom stereocenters. The number of rotatable bonds is 9. The first kappa shape index (κ1) is 23.1. The van der Waals surface area contributed by atoms with Gasteiger partial charge in [-0.1, -0.05) is 75.4 Å². The monoisotopic (exact) mass is 420 g/mol. The van der Waals surface area contributed by atoms with Gasteiger partial charge in [0.05, 0.1) is 6.04 Å². The summed E-state index contributed by atoms with van der Waals surface area (Å²) in [5.41, 5.74) is 2.90. The number of carbonyl (C=O) groups is 2. The van der Waals surface area contributed by atoms with Gasteiger partial charge in [-0.05, 0) is 43.5 Å². The summed E-state index contributed by atoms with van der Waals surface area (Å²) in [6.45, 7) is 5.94. The van der Waals surface area contributed by atoms with Gasteiger partial charge in [0.25, 0.3) is 0 Å². The predicted molar refractivity (Wildman–Crippen MR) is 128 cm³/mol. The van der Waals surface area contributed by atoms with Gasteiger partial charge in [-0.15, -0.1) is 0 Å². The molecule has 4 nitrogen and oxygen atoms in total. The summed E-state index contributed by atoms with van der Waals surface area (Å²) >= 11 is 0. The van der Waals surface area contributed by atoms with Crippen LogP contribution in [0.25, 0.3) is 0 Å². The lowest BCUT2D eigenvalue weighted by Crippen LogP contribution is -2.47. The number of nitrogens with zero attached hydrogens (tertiary/aromatic N) is 2. The first-order valence-corrected chi connectivity index (χ1v) is 11.8. The molecule has 2 atom stereocenters. The molecule has 3 rings (SSSR count).